The van der Waals surface area contributed by atoms with Crippen molar-refractivity contribution in [1.29, 1.82) is 0 Å². The van der Waals surface area contributed by atoms with E-state index in [9.17, 15) is 4.79 Å². The van der Waals surface area contributed by atoms with Crippen molar-refractivity contribution >= 4 is 11.6 Å². The summed E-state index contributed by atoms with van der Waals surface area (Å²) in [6.07, 6.45) is 0.938. The number of nitrogens with one attached hydrogen (secondary N) is 1. The molecule has 1 amide bonds. The van der Waals surface area contributed by atoms with Gasteiger partial charge in [0.05, 0.1) is 0 Å². The molecule has 0 bridgehead atoms. The molecule has 0 atom stereocenters. The molecule has 3 heteroatoms. The van der Waals surface area contributed by atoms with Gasteiger partial charge in [0.1, 0.15) is 0 Å². The molecule has 0 unspecified atom stereocenters. The second kappa shape index (κ2) is 4.65. The molecule has 1 rings (SSSR count). The quantitative estimate of drug-likeness (QED) is 0.716. The number of benzene rings is 1. The van der Waals surface area contributed by atoms with E-state index in [2.05, 4.69) is 5.32 Å². The molecule has 0 aliphatic carbocycles. The van der Waals surface area contributed by atoms with Gasteiger partial charge in [-0.25, -0.2) is 0 Å². The number of hydrogen-bond acceptors (Lipinski definition) is 2. The Kier molecular flexibility index (Phi) is 3.51. The van der Waals surface area contributed by atoms with Gasteiger partial charge in [-0.3, -0.25) is 4.79 Å². The Hall–Kier alpha value is -1.51. The minimum absolute atomic E-state index is 0.0448. The molecule has 0 heterocycles. The highest BCUT2D eigenvalue weighted by Gasteiger charge is 2.07. The minimum Gasteiger partial charge on any atom is -0.399 e. The van der Waals surface area contributed by atoms with E-state index in [0.29, 0.717) is 17.8 Å². The van der Waals surface area contributed by atoms with E-state index >= 15 is 0 Å². The number of aryl methyl sites for hydroxylation is 1. The number of hydrogen-bond donors (Lipinski definition) is 2. The average Bonchev–Trinajstić information content (AvgIpc) is 2.18. The first kappa shape index (κ1) is 10.6. The second-order valence-corrected chi connectivity index (χ2v) is 3.33. The molecule has 14 heavy (non-hydrogen) atoms. The number of carbonyl (C=O) groups excluding carboxylic acids is 1. The lowest BCUT2D eigenvalue weighted by atomic mass is 10.1. The summed E-state index contributed by atoms with van der Waals surface area (Å²) in [5.41, 5.74) is 7.85. The van der Waals surface area contributed by atoms with E-state index in [-0.39, 0.29) is 5.91 Å². The number of rotatable bonds is 3. The van der Waals surface area contributed by atoms with Crippen LogP contribution < -0.4 is 11.1 Å². The van der Waals surface area contributed by atoms with Gasteiger partial charge in [-0.15, -0.1) is 0 Å². The van der Waals surface area contributed by atoms with Crippen molar-refractivity contribution in [3.05, 3.63) is 29.3 Å². The first-order valence-corrected chi connectivity index (χ1v) is 4.79. The van der Waals surface area contributed by atoms with Crippen LogP contribution in [0.15, 0.2) is 18.2 Å². The van der Waals surface area contributed by atoms with Gasteiger partial charge in [-0.2, -0.15) is 0 Å². The molecular weight excluding hydrogens is 176 g/mol. The second-order valence-electron chi connectivity index (χ2n) is 3.33. The van der Waals surface area contributed by atoms with Crippen LogP contribution in [0, 0.1) is 6.92 Å². The smallest absolute Gasteiger partial charge is 0.251 e. The Bertz CT molecular complexity index is 334. The molecule has 0 radical (unpaired) electrons. The topological polar surface area (TPSA) is 55.1 Å². The fourth-order valence-electron chi connectivity index (χ4n) is 1.22. The van der Waals surface area contributed by atoms with Crippen LogP contribution in [0.2, 0.25) is 0 Å². The first-order chi connectivity index (χ1) is 6.65. The Balaban J connectivity index is 2.83. The van der Waals surface area contributed by atoms with Crippen LogP contribution >= 0.6 is 0 Å². The maximum absolute atomic E-state index is 11.6. The summed E-state index contributed by atoms with van der Waals surface area (Å²) in [5.74, 6) is -0.0448. The van der Waals surface area contributed by atoms with Gasteiger partial charge >= 0.3 is 0 Å². The van der Waals surface area contributed by atoms with Crippen LogP contribution in [0.5, 0.6) is 0 Å². The van der Waals surface area contributed by atoms with Crippen molar-refractivity contribution in [1.82, 2.24) is 5.32 Å². The molecule has 0 saturated heterocycles. The van der Waals surface area contributed by atoms with Gasteiger partial charge in [0.25, 0.3) is 5.91 Å². The predicted octanol–water partition coefficient (Wildman–Crippen LogP) is 1.72. The van der Waals surface area contributed by atoms with Crippen molar-refractivity contribution in [2.45, 2.75) is 20.3 Å². The molecule has 76 valence electrons. The number of nitrogens with two attached hydrogens (primary N) is 1. The van der Waals surface area contributed by atoms with E-state index in [0.717, 1.165) is 12.0 Å². The standard InChI is InChI=1S/C11H16N2O/c1-3-6-13-11(14)10-7-9(12)5-4-8(10)2/h4-5,7H,3,6,12H2,1-2H3,(H,13,14). The van der Waals surface area contributed by atoms with Crippen LogP contribution in [-0.2, 0) is 0 Å². The largest absolute Gasteiger partial charge is 0.399 e. The summed E-state index contributed by atoms with van der Waals surface area (Å²) >= 11 is 0. The summed E-state index contributed by atoms with van der Waals surface area (Å²) in [6.45, 7) is 4.62. The highest BCUT2D eigenvalue weighted by atomic mass is 16.1. The summed E-state index contributed by atoms with van der Waals surface area (Å²) in [4.78, 5) is 11.6. The molecule has 0 spiro atoms. The molecule has 0 fully saturated rings. The van der Waals surface area contributed by atoms with Gasteiger partial charge in [0.15, 0.2) is 0 Å². The van der Waals surface area contributed by atoms with E-state index in [4.69, 9.17) is 5.73 Å². The highest BCUT2D eigenvalue weighted by Crippen LogP contribution is 2.12. The number of anilines is 1. The fraction of sp³-hybridized carbons (Fsp3) is 0.364. The number of carbonyl (C=O) groups is 1. The van der Waals surface area contributed by atoms with Crippen molar-refractivity contribution in [3.8, 4) is 0 Å². The SMILES string of the molecule is CCCNC(=O)c1cc(N)ccc1C. The van der Waals surface area contributed by atoms with Crippen LogP contribution in [0.4, 0.5) is 5.69 Å². The van der Waals surface area contributed by atoms with Gasteiger partial charge in [-0.1, -0.05) is 13.0 Å². The van der Waals surface area contributed by atoms with Gasteiger partial charge in [0, 0.05) is 17.8 Å². The maximum atomic E-state index is 11.6. The lowest BCUT2D eigenvalue weighted by molar-refractivity contribution is 0.0953. The predicted molar refractivity (Wildman–Crippen MR) is 58.2 cm³/mol. The monoisotopic (exact) mass is 192 g/mol. The normalized spacial score (nSPS) is 9.86. The van der Waals surface area contributed by atoms with Gasteiger partial charge in [-0.05, 0) is 31.0 Å². The molecule has 3 nitrogen and oxygen atoms in total. The maximum Gasteiger partial charge on any atom is 0.251 e. The van der Waals surface area contributed by atoms with Crippen LogP contribution in [-0.4, -0.2) is 12.5 Å². The zero-order valence-electron chi connectivity index (χ0n) is 8.63. The molecule has 0 aliphatic heterocycles. The zero-order chi connectivity index (χ0) is 10.6. The lowest BCUT2D eigenvalue weighted by Gasteiger charge is -2.07. The van der Waals surface area contributed by atoms with Gasteiger partial charge < -0.3 is 11.1 Å². The third-order valence-corrected chi connectivity index (χ3v) is 2.04. The third kappa shape index (κ3) is 2.49. The van der Waals surface area contributed by atoms with Crippen molar-refractivity contribution in [2.75, 3.05) is 12.3 Å². The van der Waals surface area contributed by atoms with Crippen LogP contribution in [0.3, 0.4) is 0 Å². The van der Waals surface area contributed by atoms with E-state index in [1.54, 1.807) is 12.1 Å². The zero-order valence-corrected chi connectivity index (χ0v) is 8.63. The third-order valence-electron chi connectivity index (χ3n) is 2.04. The van der Waals surface area contributed by atoms with E-state index in [1.807, 2.05) is 19.9 Å². The van der Waals surface area contributed by atoms with E-state index in [1.165, 1.54) is 0 Å². The lowest BCUT2D eigenvalue weighted by Crippen LogP contribution is -2.24. The van der Waals surface area contributed by atoms with Crippen molar-refractivity contribution in [2.24, 2.45) is 0 Å². The summed E-state index contributed by atoms with van der Waals surface area (Å²) in [7, 11) is 0. The van der Waals surface area contributed by atoms with Crippen LogP contribution in [0.25, 0.3) is 0 Å². The van der Waals surface area contributed by atoms with Crippen molar-refractivity contribution < 1.29 is 4.79 Å². The average molecular weight is 192 g/mol. The molecule has 3 N–H and O–H groups in total. The molecule has 0 aromatic heterocycles. The fourth-order valence-corrected chi connectivity index (χ4v) is 1.22. The number of nitrogen functional groups attached to an aromatic ring is 1. The highest BCUT2D eigenvalue weighted by molar-refractivity contribution is 5.96. The first-order valence-electron chi connectivity index (χ1n) is 4.79. The Morgan fingerprint density at radius 1 is 1.50 bits per heavy atom. The van der Waals surface area contributed by atoms with E-state index < -0.39 is 0 Å². The molecule has 1 aromatic carbocycles. The van der Waals surface area contributed by atoms with Gasteiger partial charge in [0.2, 0.25) is 0 Å². The number of amides is 1. The Morgan fingerprint density at radius 3 is 2.86 bits per heavy atom. The Labute approximate surface area is 84.3 Å². The molecule has 0 saturated carbocycles. The summed E-state index contributed by atoms with van der Waals surface area (Å²) < 4.78 is 0. The minimum atomic E-state index is -0.0448. The molecular formula is C11H16N2O. The Morgan fingerprint density at radius 2 is 2.21 bits per heavy atom. The van der Waals surface area contributed by atoms with Crippen molar-refractivity contribution in [3.63, 3.8) is 0 Å². The molecule has 0 aliphatic rings. The summed E-state index contributed by atoms with van der Waals surface area (Å²) in [6, 6.07) is 5.36. The summed E-state index contributed by atoms with van der Waals surface area (Å²) in [5, 5.41) is 2.82. The molecule has 1 aromatic rings. The van der Waals surface area contributed by atoms with Crippen LogP contribution in [0.1, 0.15) is 29.3 Å².